The zero-order valence-electron chi connectivity index (χ0n) is 17.2. The van der Waals surface area contributed by atoms with Crippen LogP contribution in [0.15, 0.2) is 46.3 Å². The maximum atomic E-state index is 13.4. The fourth-order valence-electron chi connectivity index (χ4n) is 4.26. The minimum absolute atomic E-state index is 0.0426. The zero-order valence-corrected chi connectivity index (χ0v) is 18.8. The number of primary sulfonamides is 1. The number of aromatic amines is 2. The standard InChI is InChI=1S/C19H20N8O4S2/c20-33(30,31)18-15(32(28,29)10-11-6-7-21-8-11)5-4-13(16(18)19-24-26-27-25-19)14-3-1-2-12-9-22-23-17(12)14/h1-5,9,11,21H,6-8,10H2,(H,22,23)(H2,20,30,31)(H,24,25,26,27)/t11-/m1/s1. The van der Waals surface area contributed by atoms with E-state index in [9.17, 15) is 16.8 Å². The first-order chi connectivity index (χ1) is 15.8. The molecular formula is C19H20N8O4S2. The number of hydrogen-bond acceptors (Lipinski definition) is 9. The summed E-state index contributed by atoms with van der Waals surface area (Å²) in [6.07, 6.45) is 2.31. The van der Waals surface area contributed by atoms with Crippen molar-refractivity contribution in [3.63, 3.8) is 0 Å². The number of rotatable bonds is 6. The summed E-state index contributed by atoms with van der Waals surface area (Å²) >= 11 is 0. The lowest BCUT2D eigenvalue weighted by atomic mass is 9.97. The van der Waals surface area contributed by atoms with Gasteiger partial charge >= 0.3 is 0 Å². The highest BCUT2D eigenvalue weighted by molar-refractivity contribution is 7.93. The molecule has 3 heterocycles. The summed E-state index contributed by atoms with van der Waals surface area (Å²) in [5.41, 5.74) is 1.55. The third kappa shape index (κ3) is 3.90. The first kappa shape index (κ1) is 21.6. The molecule has 0 bridgehead atoms. The van der Waals surface area contributed by atoms with Crippen molar-refractivity contribution in [2.45, 2.75) is 16.2 Å². The maximum Gasteiger partial charge on any atom is 0.240 e. The predicted molar refractivity (Wildman–Crippen MR) is 119 cm³/mol. The Labute approximate surface area is 188 Å². The van der Waals surface area contributed by atoms with E-state index in [2.05, 4.69) is 36.1 Å². The second kappa shape index (κ2) is 7.98. The third-order valence-corrected chi connectivity index (χ3v) is 8.74. The normalized spacial score (nSPS) is 17.1. The number of sulfone groups is 1. The smallest absolute Gasteiger partial charge is 0.240 e. The van der Waals surface area contributed by atoms with Gasteiger partial charge in [0, 0.05) is 10.9 Å². The fraction of sp³-hybridized carbons (Fsp3) is 0.263. The van der Waals surface area contributed by atoms with Gasteiger partial charge in [0.1, 0.15) is 4.90 Å². The summed E-state index contributed by atoms with van der Waals surface area (Å²) in [6.45, 7) is 1.25. The molecule has 0 saturated carbocycles. The van der Waals surface area contributed by atoms with Crippen LogP contribution in [-0.4, -0.2) is 66.5 Å². The van der Waals surface area contributed by atoms with E-state index in [4.69, 9.17) is 5.14 Å². The second-order valence-corrected chi connectivity index (χ2v) is 11.4. The van der Waals surface area contributed by atoms with E-state index >= 15 is 0 Å². The molecule has 12 nitrogen and oxygen atoms in total. The van der Waals surface area contributed by atoms with Crippen molar-refractivity contribution >= 4 is 30.8 Å². The average Bonchev–Trinajstić information content (AvgIpc) is 3.53. The number of nitrogens with two attached hydrogens (primary N) is 1. The number of hydrogen-bond donors (Lipinski definition) is 4. The highest BCUT2D eigenvalue weighted by Crippen LogP contribution is 2.41. The minimum Gasteiger partial charge on any atom is -0.316 e. The molecule has 1 fully saturated rings. The largest absolute Gasteiger partial charge is 0.316 e. The number of nitrogens with one attached hydrogen (secondary N) is 3. The number of para-hydroxylation sites is 1. The van der Waals surface area contributed by atoms with E-state index in [-0.39, 0.29) is 28.0 Å². The molecule has 1 aliphatic rings. The van der Waals surface area contributed by atoms with Crippen LogP contribution in [-0.2, 0) is 19.9 Å². The van der Waals surface area contributed by atoms with Crippen molar-refractivity contribution in [2.75, 3.05) is 18.8 Å². The minimum atomic E-state index is -4.52. The molecule has 172 valence electrons. The molecule has 0 spiro atoms. The van der Waals surface area contributed by atoms with E-state index in [1.54, 1.807) is 18.3 Å². The van der Waals surface area contributed by atoms with Crippen LogP contribution in [0, 0.1) is 5.92 Å². The highest BCUT2D eigenvalue weighted by atomic mass is 32.2. The molecule has 1 aliphatic heterocycles. The van der Waals surface area contributed by atoms with E-state index in [0.717, 1.165) is 5.39 Å². The van der Waals surface area contributed by atoms with Gasteiger partial charge in [-0.3, -0.25) is 5.10 Å². The van der Waals surface area contributed by atoms with Crippen LogP contribution in [0.25, 0.3) is 33.4 Å². The van der Waals surface area contributed by atoms with Crippen LogP contribution >= 0.6 is 0 Å². The van der Waals surface area contributed by atoms with Gasteiger partial charge in [-0.2, -0.15) is 10.3 Å². The molecule has 0 amide bonds. The highest BCUT2D eigenvalue weighted by Gasteiger charge is 2.34. The molecule has 33 heavy (non-hydrogen) atoms. The average molecular weight is 489 g/mol. The number of sulfonamides is 1. The second-order valence-electron chi connectivity index (χ2n) is 7.88. The van der Waals surface area contributed by atoms with Gasteiger partial charge in [0.25, 0.3) is 0 Å². The number of fused-ring (bicyclic) bond motifs is 1. The fourth-order valence-corrected chi connectivity index (χ4v) is 7.56. The Bertz CT molecular complexity index is 1540. The van der Waals surface area contributed by atoms with Gasteiger partial charge in [0.15, 0.2) is 9.84 Å². The molecule has 1 atom stereocenters. The van der Waals surface area contributed by atoms with Crippen LogP contribution in [0.3, 0.4) is 0 Å². The molecule has 4 aromatic rings. The molecule has 0 unspecified atom stereocenters. The van der Waals surface area contributed by atoms with Crippen LogP contribution in [0.4, 0.5) is 0 Å². The van der Waals surface area contributed by atoms with Crippen molar-refractivity contribution in [1.29, 1.82) is 0 Å². The number of nitrogens with zero attached hydrogens (tertiary/aromatic N) is 4. The Morgan fingerprint density at radius 1 is 1.09 bits per heavy atom. The Hall–Kier alpha value is -3.20. The van der Waals surface area contributed by atoms with Crippen LogP contribution in [0.5, 0.6) is 0 Å². The first-order valence-corrected chi connectivity index (χ1v) is 13.2. The zero-order chi connectivity index (χ0) is 23.2. The van der Waals surface area contributed by atoms with Crippen molar-refractivity contribution in [3.05, 3.63) is 36.5 Å². The molecule has 5 rings (SSSR count). The van der Waals surface area contributed by atoms with Gasteiger partial charge in [-0.1, -0.05) is 24.3 Å². The monoisotopic (exact) mass is 488 g/mol. The van der Waals surface area contributed by atoms with Crippen LogP contribution < -0.4 is 10.5 Å². The van der Waals surface area contributed by atoms with Gasteiger partial charge < -0.3 is 5.32 Å². The predicted octanol–water partition coefficient (Wildman–Crippen LogP) is 0.441. The summed E-state index contributed by atoms with van der Waals surface area (Å²) < 4.78 is 52.4. The molecule has 0 aliphatic carbocycles. The number of benzene rings is 2. The van der Waals surface area contributed by atoms with Gasteiger partial charge in [-0.15, -0.1) is 10.2 Å². The summed E-state index contributed by atoms with van der Waals surface area (Å²) in [5.74, 6) is -0.426. The lowest BCUT2D eigenvalue weighted by Crippen LogP contribution is -2.23. The Morgan fingerprint density at radius 3 is 2.64 bits per heavy atom. The van der Waals surface area contributed by atoms with Crippen molar-refractivity contribution in [1.82, 2.24) is 36.1 Å². The van der Waals surface area contributed by atoms with Crippen LogP contribution in [0.2, 0.25) is 0 Å². The molecule has 1 saturated heterocycles. The van der Waals surface area contributed by atoms with Crippen LogP contribution in [0.1, 0.15) is 6.42 Å². The summed E-state index contributed by atoms with van der Waals surface area (Å²) in [7, 11) is -8.53. The number of tetrazole rings is 1. The Kier molecular flexibility index (Phi) is 5.23. The number of H-pyrrole nitrogens is 2. The summed E-state index contributed by atoms with van der Waals surface area (Å²) in [5, 5.41) is 30.2. The Morgan fingerprint density at radius 2 is 1.94 bits per heavy atom. The number of aromatic nitrogens is 6. The lowest BCUT2D eigenvalue weighted by molar-refractivity contribution is 0.565. The molecule has 2 aromatic carbocycles. The molecule has 5 N–H and O–H groups in total. The summed E-state index contributed by atoms with van der Waals surface area (Å²) in [4.78, 5) is -0.930. The molecule has 2 aromatic heterocycles. The van der Waals surface area contributed by atoms with Gasteiger partial charge in [0.2, 0.25) is 15.8 Å². The maximum absolute atomic E-state index is 13.4. The van der Waals surface area contributed by atoms with E-state index in [1.807, 2.05) is 6.07 Å². The van der Waals surface area contributed by atoms with Gasteiger partial charge in [0.05, 0.1) is 27.9 Å². The molecule has 14 heteroatoms. The van der Waals surface area contributed by atoms with Crippen molar-refractivity contribution in [2.24, 2.45) is 11.1 Å². The SMILES string of the molecule is NS(=O)(=O)c1c(S(=O)(=O)C[C@@H]2CCNC2)ccc(-c2cccc3cn[nH]c23)c1-c1nn[nH]n1. The molecular weight excluding hydrogens is 468 g/mol. The quantitative estimate of drug-likeness (QED) is 0.298. The third-order valence-electron chi connectivity index (χ3n) is 5.69. The van der Waals surface area contributed by atoms with Crippen molar-refractivity contribution < 1.29 is 16.8 Å². The lowest BCUT2D eigenvalue weighted by Gasteiger charge is -2.17. The summed E-state index contributed by atoms with van der Waals surface area (Å²) in [6, 6.07) is 8.19. The van der Waals surface area contributed by atoms with Gasteiger partial charge in [-0.25, -0.2) is 22.0 Å². The first-order valence-electron chi connectivity index (χ1n) is 10.1. The van der Waals surface area contributed by atoms with E-state index in [1.165, 1.54) is 12.1 Å². The Balaban J connectivity index is 1.82. The van der Waals surface area contributed by atoms with Crippen molar-refractivity contribution in [3.8, 4) is 22.5 Å². The van der Waals surface area contributed by atoms with E-state index in [0.29, 0.717) is 36.2 Å². The van der Waals surface area contributed by atoms with Gasteiger partial charge in [-0.05, 0) is 42.3 Å². The van der Waals surface area contributed by atoms with E-state index < -0.39 is 24.8 Å². The molecule has 0 radical (unpaired) electrons. The topological polar surface area (TPSA) is 189 Å².